The molecule has 1 saturated heterocycles. The van der Waals surface area contributed by atoms with E-state index in [0.29, 0.717) is 15.2 Å². The maximum atomic E-state index is 10.4. The molecule has 24 heavy (non-hydrogen) atoms. The van der Waals surface area contributed by atoms with Gasteiger partial charge in [-0.1, -0.05) is 0 Å². The van der Waals surface area contributed by atoms with E-state index < -0.39 is 5.54 Å². The van der Waals surface area contributed by atoms with Crippen LogP contribution in [0, 0.1) is 9.54 Å². The van der Waals surface area contributed by atoms with Crippen molar-refractivity contribution in [3.8, 4) is 5.69 Å². The lowest BCUT2D eigenvalue weighted by Crippen LogP contribution is -2.52. The molecule has 2 unspecified atom stereocenters. The lowest BCUT2D eigenvalue weighted by Gasteiger charge is -2.41. The van der Waals surface area contributed by atoms with Crippen LogP contribution in [0.2, 0.25) is 0 Å². The standard InChI is InChI=1S/C15H17N5O2S2/c1-15(2)11(21)9(16)10-12(22-10)20(15)8-5-3-7(4-6-8)19-13(23)17-18-14(19)24/h3-6,10,12,21H,16H2,1-2H3,(H,17,23)(H,18,24). The van der Waals surface area contributed by atoms with E-state index in [1.165, 1.54) is 0 Å². The molecule has 0 aliphatic carbocycles. The SMILES string of the molecule is CC1(C)C(O)=C(N)C2OC2N1c1ccc(-n2c(=S)[nH][nH]c2=S)cc1. The van der Waals surface area contributed by atoms with Crippen LogP contribution in [0.4, 0.5) is 5.69 Å². The lowest BCUT2D eigenvalue weighted by atomic mass is 9.92. The topological polar surface area (TPSA) is 98.5 Å². The summed E-state index contributed by atoms with van der Waals surface area (Å²) >= 11 is 10.5. The summed E-state index contributed by atoms with van der Waals surface area (Å²) < 4.78 is 8.39. The Morgan fingerprint density at radius 2 is 1.67 bits per heavy atom. The average molecular weight is 363 g/mol. The van der Waals surface area contributed by atoms with Crippen molar-refractivity contribution in [2.75, 3.05) is 4.90 Å². The summed E-state index contributed by atoms with van der Waals surface area (Å²) in [5, 5.41) is 16.0. The summed E-state index contributed by atoms with van der Waals surface area (Å²) in [5.74, 6) is 0.153. The van der Waals surface area contributed by atoms with Crippen LogP contribution in [0.15, 0.2) is 35.7 Å². The van der Waals surface area contributed by atoms with Gasteiger partial charge in [0.1, 0.15) is 11.9 Å². The van der Waals surface area contributed by atoms with Gasteiger partial charge >= 0.3 is 0 Å². The van der Waals surface area contributed by atoms with Crippen LogP contribution in [0.25, 0.3) is 5.69 Å². The van der Waals surface area contributed by atoms with Crippen molar-refractivity contribution in [2.45, 2.75) is 31.7 Å². The van der Waals surface area contributed by atoms with Crippen LogP contribution in [-0.2, 0) is 4.74 Å². The molecule has 4 rings (SSSR count). The lowest BCUT2D eigenvalue weighted by molar-refractivity contribution is 0.282. The molecule has 5 N–H and O–H groups in total. The summed E-state index contributed by atoms with van der Waals surface area (Å²) in [6.45, 7) is 3.83. The van der Waals surface area contributed by atoms with Crippen LogP contribution in [0.5, 0.6) is 0 Å². The van der Waals surface area contributed by atoms with Gasteiger partial charge in [-0.2, -0.15) is 0 Å². The number of aromatic nitrogens is 3. The second-order valence-electron chi connectivity index (χ2n) is 6.39. The molecule has 0 amide bonds. The first kappa shape index (κ1) is 15.4. The number of benzene rings is 1. The average Bonchev–Trinajstić information content (AvgIpc) is 3.25. The van der Waals surface area contributed by atoms with E-state index in [1.807, 2.05) is 43.0 Å². The first-order valence-corrected chi connectivity index (χ1v) is 8.28. The fourth-order valence-corrected chi connectivity index (χ4v) is 3.78. The van der Waals surface area contributed by atoms with Crippen LogP contribution in [0.1, 0.15) is 13.8 Å². The Kier molecular flexibility index (Phi) is 3.18. The molecule has 3 heterocycles. The number of H-pyrrole nitrogens is 2. The number of hydrogen-bond acceptors (Lipinski definition) is 6. The third-order valence-corrected chi connectivity index (χ3v) is 5.12. The van der Waals surface area contributed by atoms with Gasteiger partial charge < -0.3 is 20.5 Å². The predicted octanol–water partition coefficient (Wildman–Crippen LogP) is 2.64. The molecule has 2 atom stereocenters. The van der Waals surface area contributed by atoms with Crippen LogP contribution < -0.4 is 10.6 Å². The molecule has 0 spiro atoms. The molecule has 126 valence electrons. The third-order valence-electron chi connectivity index (χ3n) is 4.55. The Hall–Kier alpha value is -2.10. The van der Waals surface area contributed by atoms with Gasteiger partial charge in [0, 0.05) is 5.69 Å². The first-order chi connectivity index (χ1) is 11.3. The number of aliphatic hydroxyl groups excluding tert-OH is 1. The molecule has 1 fully saturated rings. The first-order valence-electron chi connectivity index (χ1n) is 7.46. The van der Waals surface area contributed by atoms with E-state index in [9.17, 15) is 5.11 Å². The molecule has 2 aliphatic heterocycles. The van der Waals surface area contributed by atoms with Crippen LogP contribution in [-0.4, -0.2) is 37.7 Å². The van der Waals surface area contributed by atoms with Crippen molar-refractivity contribution in [2.24, 2.45) is 5.73 Å². The number of fused-ring (bicyclic) bond motifs is 1. The minimum Gasteiger partial charge on any atom is -0.508 e. The number of nitrogens with zero attached hydrogens (tertiary/aromatic N) is 2. The molecular weight excluding hydrogens is 346 g/mol. The van der Waals surface area contributed by atoms with E-state index in [-0.39, 0.29) is 18.1 Å². The summed E-state index contributed by atoms with van der Waals surface area (Å²) in [7, 11) is 0. The van der Waals surface area contributed by atoms with Crippen LogP contribution >= 0.6 is 24.4 Å². The van der Waals surface area contributed by atoms with E-state index >= 15 is 0 Å². The van der Waals surface area contributed by atoms with E-state index in [2.05, 4.69) is 10.2 Å². The van der Waals surface area contributed by atoms with Crippen LogP contribution in [0.3, 0.4) is 0 Å². The second-order valence-corrected chi connectivity index (χ2v) is 7.17. The fraction of sp³-hybridized carbons (Fsp3) is 0.333. The zero-order chi connectivity index (χ0) is 17.2. The molecule has 0 saturated carbocycles. The Morgan fingerprint density at radius 3 is 2.25 bits per heavy atom. The number of nitrogens with one attached hydrogen (secondary N) is 2. The summed E-state index contributed by atoms with van der Waals surface area (Å²) in [6, 6.07) is 7.76. The maximum absolute atomic E-state index is 10.4. The molecule has 1 aromatic heterocycles. The number of aliphatic hydroxyl groups is 1. The number of anilines is 1. The fourth-order valence-electron chi connectivity index (χ4n) is 3.23. The zero-order valence-corrected chi connectivity index (χ0v) is 14.7. The van der Waals surface area contributed by atoms with Gasteiger partial charge in [-0.25, -0.2) is 0 Å². The van der Waals surface area contributed by atoms with Crippen molar-refractivity contribution < 1.29 is 9.84 Å². The van der Waals surface area contributed by atoms with Gasteiger partial charge in [-0.3, -0.25) is 14.8 Å². The van der Waals surface area contributed by atoms with Gasteiger partial charge in [-0.05, 0) is 62.5 Å². The maximum Gasteiger partial charge on any atom is 0.198 e. The largest absolute Gasteiger partial charge is 0.508 e. The highest BCUT2D eigenvalue weighted by Crippen LogP contribution is 2.46. The van der Waals surface area contributed by atoms with Crippen molar-refractivity contribution in [1.29, 1.82) is 0 Å². The molecular formula is C15H17N5O2S2. The molecule has 0 bridgehead atoms. The van der Waals surface area contributed by atoms with Gasteiger partial charge in [0.2, 0.25) is 0 Å². The highest BCUT2D eigenvalue weighted by molar-refractivity contribution is 7.72. The monoisotopic (exact) mass is 363 g/mol. The molecule has 2 aromatic rings. The zero-order valence-electron chi connectivity index (χ0n) is 13.1. The van der Waals surface area contributed by atoms with Gasteiger partial charge in [0.05, 0.1) is 16.9 Å². The molecule has 7 nitrogen and oxygen atoms in total. The Morgan fingerprint density at radius 1 is 1.12 bits per heavy atom. The van der Waals surface area contributed by atoms with Crippen molar-refractivity contribution in [3.63, 3.8) is 0 Å². The summed E-state index contributed by atoms with van der Waals surface area (Å²) in [6.07, 6.45) is -0.399. The van der Waals surface area contributed by atoms with Gasteiger partial charge in [0.15, 0.2) is 15.8 Å². The predicted molar refractivity (Wildman–Crippen MR) is 95.2 cm³/mol. The highest BCUT2D eigenvalue weighted by atomic mass is 32.1. The summed E-state index contributed by atoms with van der Waals surface area (Å²) in [5.41, 5.74) is 7.50. The van der Waals surface area contributed by atoms with E-state index in [4.69, 9.17) is 34.9 Å². The molecule has 9 heteroatoms. The summed E-state index contributed by atoms with van der Waals surface area (Å²) in [4.78, 5) is 2.03. The minimum absolute atomic E-state index is 0.153. The second kappa shape index (κ2) is 4.95. The molecule has 1 aromatic carbocycles. The van der Waals surface area contributed by atoms with E-state index in [1.54, 1.807) is 4.57 Å². The van der Waals surface area contributed by atoms with Gasteiger partial charge in [0.25, 0.3) is 0 Å². The number of nitrogens with two attached hydrogens (primary N) is 1. The molecule has 2 aliphatic rings. The number of rotatable bonds is 2. The number of epoxide rings is 1. The van der Waals surface area contributed by atoms with E-state index in [0.717, 1.165) is 11.4 Å². The molecule has 0 radical (unpaired) electrons. The quantitative estimate of drug-likeness (QED) is 0.484. The smallest absolute Gasteiger partial charge is 0.198 e. The van der Waals surface area contributed by atoms with Crippen molar-refractivity contribution in [3.05, 3.63) is 45.3 Å². The Bertz CT molecular complexity index is 926. The highest BCUT2D eigenvalue weighted by Gasteiger charge is 2.57. The normalized spacial score (nSPS) is 24.8. The Balaban J connectivity index is 1.74. The van der Waals surface area contributed by atoms with Crippen molar-refractivity contribution in [1.82, 2.24) is 14.8 Å². The number of aromatic amines is 2. The van der Waals surface area contributed by atoms with Gasteiger partial charge in [-0.15, -0.1) is 0 Å². The minimum atomic E-state index is -0.648. The number of ether oxygens (including phenoxy) is 1. The third kappa shape index (κ3) is 2.05. The van der Waals surface area contributed by atoms with Crippen molar-refractivity contribution >= 4 is 30.1 Å². The Labute approximate surface area is 148 Å². The number of hydrogen-bond donors (Lipinski definition) is 4.